The lowest BCUT2D eigenvalue weighted by molar-refractivity contribution is 0.664. The van der Waals surface area contributed by atoms with E-state index in [1.807, 2.05) is 0 Å². The molecule has 0 aliphatic carbocycles. The van der Waals surface area contributed by atoms with Crippen molar-refractivity contribution in [3.05, 3.63) is 48.6 Å². The van der Waals surface area contributed by atoms with Crippen LogP contribution in [-0.4, -0.2) is 0 Å². The van der Waals surface area contributed by atoms with E-state index in [4.69, 9.17) is 0 Å². The fourth-order valence-corrected chi connectivity index (χ4v) is 1.54. The van der Waals surface area contributed by atoms with Crippen LogP contribution in [-0.2, 0) is 0 Å². The van der Waals surface area contributed by atoms with Crippen LogP contribution < -0.4 is 0 Å². The highest BCUT2D eigenvalue weighted by Crippen LogP contribution is 2.22. The Bertz CT molecular complexity index is 235. The number of allylic oxidation sites excluding steroid dienone is 1. The molecule has 0 fully saturated rings. The summed E-state index contributed by atoms with van der Waals surface area (Å²) in [5.74, 6) is 0.543. The zero-order valence-corrected chi connectivity index (χ0v) is 8.37. The highest BCUT2D eigenvalue weighted by Gasteiger charge is 2.04. The largest absolute Gasteiger partial charge is 0.102 e. The van der Waals surface area contributed by atoms with Crippen molar-refractivity contribution in [1.29, 1.82) is 0 Å². The van der Waals surface area contributed by atoms with E-state index in [2.05, 4.69) is 49.9 Å². The molecule has 1 aromatic rings. The minimum Gasteiger partial charge on any atom is -0.102 e. The second kappa shape index (κ2) is 5.58. The van der Waals surface area contributed by atoms with E-state index < -0.39 is 0 Å². The Morgan fingerprint density at radius 3 is 2.54 bits per heavy atom. The van der Waals surface area contributed by atoms with Gasteiger partial charge in [-0.05, 0) is 12.0 Å². The molecule has 0 aliphatic rings. The molecule has 0 nitrogen and oxygen atoms in total. The van der Waals surface area contributed by atoms with Crippen LogP contribution >= 0.6 is 0 Å². The molecule has 0 heterocycles. The SMILES string of the molecule is C=C[C@@H](CCCC)c1ccccc1. The second-order valence-corrected chi connectivity index (χ2v) is 3.40. The third-order valence-electron chi connectivity index (χ3n) is 2.38. The molecule has 13 heavy (non-hydrogen) atoms. The van der Waals surface area contributed by atoms with Gasteiger partial charge in [0.15, 0.2) is 0 Å². The first-order valence-electron chi connectivity index (χ1n) is 5.06. The third-order valence-corrected chi connectivity index (χ3v) is 2.38. The summed E-state index contributed by atoms with van der Waals surface area (Å²) in [4.78, 5) is 0. The van der Waals surface area contributed by atoms with Crippen molar-refractivity contribution < 1.29 is 0 Å². The molecular weight excluding hydrogens is 156 g/mol. The average molecular weight is 174 g/mol. The molecule has 0 saturated heterocycles. The van der Waals surface area contributed by atoms with Gasteiger partial charge in [0.1, 0.15) is 0 Å². The molecule has 0 aromatic heterocycles. The summed E-state index contributed by atoms with van der Waals surface area (Å²) in [6.45, 7) is 6.12. The number of hydrogen-bond acceptors (Lipinski definition) is 0. The Morgan fingerprint density at radius 2 is 2.00 bits per heavy atom. The molecule has 1 atom stereocenters. The van der Waals surface area contributed by atoms with Crippen LogP contribution in [0.25, 0.3) is 0 Å². The van der Waals surface area contributed by atoms with Gasteiger partial charge in [0.2, 0.25) is 0 Å². The molecule has 0 spiro atoms. The molecule has 0 amide bonds. The maximum atomic E-state index is 3.89. The van der Waals surface area contributed by atoms with E-state index in [0.29, 0.717) is 5.92 Å². The molecule has 0 aliphatic heterocycles. The van der Waals surface area contributed by atoms with Gasteiger partial charge in [-0.1, -0.05) is 56.2 Å². The monoisotopic (exact) mass is 174 g/mol. The van der Waals surface area contributed by atoms with Gasteiger partial charge in [-0.15, -0.1) is 6.58 Å². The zero-order chi connectivity index (χ0) is 9.52. The first-order valence-corrected chi connectivity index (χ1v) is 5.06. The first-order chi connectivity index (χ1) is 6.38. The van der Waals surface area contributed by atoms with Crippen molar-refractivity contribution >= 4 is 0 Å². The van der Waals surface area contributed by atoms with Crippen molar-refractivity contribution in [3.8, 4) is 0 Å². The van der Waals surface area contributed by atoms with E-state index in [1.54, 1.807) is 0 Å². The Balaban J connectivity index is 2.61. The van der Waals surface area contributed by atoms with Crippen molar-refractivity contribution in [1.82, 2.24) is 0 Å². The van der Waals surface area contributed by atoms with Crippen LogP contribution in [0.1, 0.15) is 37.7 Å². The molecule has 0 N–H and O–H groups in total. The molecule has 0 heteroatoms. The Labute approximate surface area is 81.3 Å². The van der Waals surface area contributed by atoms with Gasteiger partial charge < -0.3 is 0 Å². The van der Waals surface area contributed by atoms with Gasteiger partial charge in [-0.3, -0.25) is 0 Å². The van der Waals surface area contributed by atoms with Crippen LogP contribution in [0.4, 0.5) is 0 Å². The smallest absolute Gasteiger partial charge is 0.00152 e. The van der Waals surface area contributed by atoms with E-state index in [1.165, 1.54) is 24.8 Å². The Hall–Kier alpha value is -1.04. The van der Waals surface area contributed by atoms with Gasteiger partial charge in [-0.2, -0.15) is 0 Å². The number of benzene rings is 1. The molecule has 1 rings (SSSR count). The van der Waals surface area contributed by atoms with Crippen molar-refractivity contribution in [2.45, 2.75) is 32.1 Å². The average Bonchev–Trinajstić information content (AvgIpc) is 2.21. The van der Waals surface area contributed by atoms with Crippen molar-refractivity contribution in [3.63, 3.8) is 0 Å². The second-order valence-electron chi connectivity index (χ2n) is 3.40. The van der Waals surface area contributed by atoms with E-state index in [9.17, 15) is 0 Å². The minimum atomic E-state index is 0.543. The number of unbranched alkanes of at least 4 members (excludes halogenated alkanes) is 1. The molecule has 0 bridgehead atoms. The van der Waals surface area contributed by atoms with Gasteiger partial charge >= 0.3 is 0 Å². The summed E-state index contributed by atoms with van der Waals surface area (Å²) < 4.78 is 0. The predicted octanol–water partition coefficient (Wildman–Crippen LogP) is 4.15. The Kier molecular flexibility index (Phi) is 4.31. The third kappa shape index (κ3) is 3.06. The predicted molar refractivity (Wildman–Crippen MR) is 58.9 cm³/mol. The van der Waals surface area contributed by atoms with Crippen LogP contribution in [0.15, 0.2) is 43.0 Å². The molecule has 0 unspecified atom stereocenters. The highest BCUT2D eigenvalue weighted by atomic mass is 14.1. The van der Waals surface area contributed by atoms with Gasteiger partial charge in [0.25, 0.3) is 0 Å². The van der Waals surface area contributed by atoms with Crippen molar-refractivity contribution in [2.24, 2.45) is 0 Å². The molecule has 1 aromatic carbocycles. The topological polar surface area (TPSA) is 0 Å². The fraction of sp³-hybridized carbons (Fsp3) is 0.385. The number of hydrogen-bond donors (Lipinski definition) is 0. The van der Waals surface area contributed by atoms with Crippen LogP contribution in [0.3, 0.4) is 0 Å². The van der Waals surface area contributed by atoms with Gasteiger partial charge in [0, 0.05) is 5.92 Å². The molecule has 0 saturated carbocycles. The van der Waals surface area contributed by atoms with Gasteiger partial charge in [0.05, 0.1) is 0 Å². The summed E-state index contributed by atoms with van der Waals surface area (Å²) in [5, 5.41) is 0. The van der Waals surface area contributed by atoms with E-state index >= 15 is 0 Å². The summed E-state index contributed by atoms with van der Waals surface area (Å²) in [6.07, 6.45) is 5.83. The quantitative estimate of drug-likeness (QED) is 0.588. The first kappa shape index (κ1) is 10.0. The van der Waals surface area contributed by atoms with Crippen LogP contribution in [0.5, 0.6) is 0 Å². The molecule has 70 valence electrons. The van der Waals surface area contributed by atoms with Crippen LogP contribution in [0, 0.1) is 0 Å². The fourth-order valence-electron chi connectivity index (χ4n) is 1.54. The minimum absolute atomic E-state index is 0.543. The normalized spacial score (nSPS) is 12.4. The van der Waals surface area contributed by atoms with E-state index in [-0.39, 0.29) is 0 Å². The summed E-state index contributed by atoms with van der Waals surface area (Å²) in [7, 11) is 0. The Morgan fingerprint density at radius 1 is 1.31 bits per heavy atom. The van der Waals surface area contributed by atoms with Crippen molar-refractivity contribution in [2.75, 3.05) is 0 Å². The van der Waals surface area contributed by atoms with Gasteiger partial charge in [-0.25, -0.2) is 0 Å². The maximum Gasteiger partial charge on any atom is 0.00152 e. The highest BCUT2D eigenvalue weighted by molar-refractivity contribution is 5.22. The number of rotatable bonds is 5. The molecule has 0 radical (unpaired) electrons. The van der Waals surface area contributed by atoms with Crippen LogP contribution in [0.2, 0.25) is 0 Å². The van der Waals surface area contributed by atoms with E-state index in [0.717, 1.165) is 0 Å². The summed E-state index contributed by atoms with van der Waals surface area (Å²) in [6, 6.07) is 10.6. The zero-order valence-electron chi connectivity index (χ0n) is 8.37. The lowest BCUT2D eigenvalue weighted by Gasteiger charge is -2.11. The lowest BCUT2D eigenvalue weighted by atomic mass is 9.94. The standard InChI is InChI=1S/C13H18/c1-3-5-9-12(4-2)13-10-7-6-8-11-13/h4,6-8,10-12H,2-3,5,9H2,1H3/t12-/m0/s1. The maximum absolute atomic E-state index is 3.89. The molecular formula is C13H18. The summed E-state index contributed by atoms with van der Waals surface area (Å²) in [5.41, 5.74) is 1.39. The lowest BCUT2D eigenvalue weighted by Crippen LogP contribution is -1.93. The summed E-state index contributed by atoms with van der Waals surface area (Å²) >= 11 is 0.